The van der Waals surface area contributed by atoms with Gasteiger partial charge in [-0.25, -0.2) is 5.01 Å². The van der Waals surface area contributed by atoms with Crippen molar-refractivity contribution in [1.29, 1.82) is 0 Å². The van der Waals surface area contributed by atoms with E-state index in [1.807, 2.05) is 54.6 Å². The van der Waals surface area contributed by atoms with Gasteiger partial charge in [0.05, 0.1) is 25.3 Å². The summed E-state index contributed by atoms with van der Waals surface area (Å²) < 4.78 is 21.7. The highest BCUT2D eigenvalue weighted by atomic mass is 16.6. The van der Waals surface area contributed by atoms with Gasteiger partial charge in [-0.1, -0.05) is 48.5 Å². The second kappa shape index (κ2) is 10.5. The van der Waals surface area contributed by atoms with E-state index in [0.717, 1.165) is 28.2 Å². The summed E-state index contributed by atoms with van der Waals surface area (Å²) in [5.74, 6) is 1.08. The van der Waals surface area contributed by atoms with Crippen LogP contribution in [0.3, 0.4) is 0 Å². The van der Waals surface area contributed by atoms with E-state index in [-0.39, 0.29) is 12.5 Å². The number of methoxy groups -OCH3 is 1. The number of hydrazone groups is 1. The van der Waals surface area contributed by atoms with E-state index in [1.54, 1.807) is 25.3 Å². The molecule has 0 aliphatic carbocycles. The zero-order valence-corrected chi connectivity index (χ0v) is 19.9. The van der Waals surface area contributed by atoms with Crippen LogP contribution >= 0.6 is 0 Å². The standard InChI is InChI=1S/C28H26N2O6/c1-33-22-10-8-21(9-11-22)24-17-23(20-5-3-2-4-6-20)29-30(24)27(31)18-36-28(32)16-19-7-12-25-26(15-19)35-14-13-34-25/h2-12,15,24H,13-14,16-18H2,1H3. The molecular weight excluding hydrogens is 460 g/mol. The van der Waals surface area contributed by atoms with Crippen molar-refractivity contribution in [2.45, 2.75) is 18.9 Å². The number of ether oxygens (including phenoxy) is 4. The number of esters is 1. The molecule has 0 N–H and O–H groups in total. The van der Waals surface area contributed by atoms with Gasteiger partial charge >= 0.3 is 5.97 Å². The first-order valence-electron chi connectivity index (χ1n) is 11.7. The molecule has 3 aromatic carbocycles. The Labute approximate surface area is 209 Å². The maximum Gasteiger partial charge on any atom is 0.310 e. The fourth-order valence-corrected chi connectivity index (χ4v) is 4.25. The minimum Gasteiger partial charge on any atom is -0.497 e. The average molecular weight is 487 g/mol. The fraction of sp³-hybridized carbons (Fsp3) is 0.250. The molecule has 184 valence electrons. The molecule has 0 spiro atoms. The molecule has 2 aliphatic heterocycles. The quantitative estimate of drug-likeness (QED) is 0.471. The second-order valence-electron chi connectivity index (χ2n) is 8.46. The maximum atomic E-state index is 13.2. The molecule has 5 rings (SSSR count). The number of carbonyl (C=O) groups is 2. The highest BCUT2D eigenvalue weighted by Gasteiger charge is 2.33. The van der Waals surface area contributed by atoms with E-state index in [1.165, 1.54) is 5.01 Å². The molecule has 2 aliphatic rings. The van der Waals surface area contributed by atoms with Crippen molar-refractivity contribution in [3.05, 3.63) is 89.5 Å². The SMILES string of the molecule is COc1ccc(C2CC(c3ccccc3)=NN2C(=O)COC(=O)Cc2ccc3c(c2)OCCO3)cc1. The van der Waals surface area contributed by atoms with E-state index in [0.29, 0.717) is 31.1 Å². The van der Waals surface area contributed by atoms with Crippen LogP contribution in [0.4, 0.5) is 0 Å². The van der Waals surface area contributed by atoms with Gasteiger partial charge in [-0.15, -0.1) is 0 Å². The third-order valence-corrected chi connectivity index (χ3v) is 6.09. The first kappa shape index (κ1) is 23.4. The smallest absolute Gasteiger partial charge is 0.310 e. The molecule has 0 saturated heterocycles. The molecule has 1 atom stereocenters. The molecular formula is C28H26N2O6. The molecule has 1 unspecified atom stereocenters. The van der Waals surface area contributed by atoms with Crippen LogP contribution in [0.15, 0.2) is 77.9 Å². The molecule has 36 heavy (non-hydrogen) atoms. The number of carbonyl (C=O) groups excluding carboxylic acids is 2. The normalized spacial score (nSPS) is 16.3. The van der Waals surface area contributed by atoms with Gasteiger partial charge in [0.2, 0.25) is 0 Å². The summed E-state index contributed by atoms with van der Waals surface area (Å²) in [5, 5.41) is 6.03. The predicted octanol–water partition coefficient (Wildman–Crippen LogP) is 3.93. The predicted molar refractivity (Wildman–Crippen MR) is 132 cm³/mol. The number of rotatable bonds is 7. The first-order valence-corrected chi connectivity index (χ1v) is 11.7. The van der Waals surface area contributed by atoms with Crippen molar-refractivity contribution in [3.8, 4) is 17.2 Å². The monoisotopic (exact) mass is 486 g/mol. The van der Waals surface area contributed by atoms with Gasteiger partial charge in [-0.3, -0.25) is 9.59 Å². The summed E-state index contributed by atoms with van der Waals surface area (Å²) in [4.78, 5) is 25.7. The Morgan fingerprint density at radius 3 is 2.47 bits per heavy atom. The molecule has 0 bridgehead atoms. The molecule has 1 amide bonds. The van der Waals surface area contributed by atoms with Crippen molar-refractivity contribution in [1.82, 2.24) is 5.01 Å². The topological polar surface area (TPSA) is 86.7 Å². The lowest BCUT2D eigenvalue weighted by molar-refractivity contribution is -0.152. The lowest BCUT2D eigenvalue weighted by Gasteiger charge is -2.22. The molecule has 8 heteroatoms. The van der Waals surface area contributed by atoms with E-state index >= 15 is 0 Å². The summed E-state index contributed by atoms with van der Waals surface area (Å²) in [6.07, 6.45) is 0.567. The molecule has 2 heterocycles. The van der Waals surface area contributed by atoms with Crippen molar-refractivity contribution < 1.29 is 28.5 Å². The Hall–Kier alpha value is -4.33. The zero-order valence-electron chi connectivity index (χ0n) is 19.9. The van der Waals surface area contributed by atoms with Crippen LogP contribution < -0.4 is 14.2 Å². The van der Waals surface area contributed by atoms with Gasteiger partial charge in [0.15, 0.2) is 18.1 Å². The van der Waals surface area contributed by atoms with Crippen LogP contribution in [-0.2, 0) is 20.7 Å². The zero-order chi connectivity index (χ0) is 24.9. The van der Waals surface area contributed by atoms with Crippen LogP contribution in [0.5, 0.6) is 17.2 Å². The van der Waals surface area contributed by atoms with Crippen LogP contribution in [0.1, 0.15) is 29.2 Å². The third kappa shape index (κ3) is 5.17. The second-order valence-corrected chi connectivity index (χ2v) is 8.46. The van der Waals surface area contributed by atoms with Crippen LogP contribution in [-0.4, -0.2) is 49.5 Å². The minimum absolute atomic E-state index is 0.0182. The average Bonchev–Trinajstić information content (AvgIpc) is 3.38. The van der Waals surface area contributed by atoms with E-state index in [4.69, 9.17) is 18.9 Å². The largest absolute Gasteiger partial charge is 0.497 e. The Morgan fingerprint density at radius 1 is 0.972 bits per heavy atom. The first-order chi connectivity index (χ1) is 17.6. The molecule has 0 radical (unpaired) electrons. The van der Waals surface area contributed by atoms with Crippen molar-refractivity contribution in [2.24, 2.45) is 5.10 Å². The summed E-state index contributed by atoms with van der Waals surface area (Å²) in [5.41, 5.74) is 3.38. The Morgan fingerprint density at radius 2 is 1.72 bits per heavy atom. The minimum atomic E-state index is -0.507. The third-order valence-electron chi connectivity index (χ3n) is 6.09. The van der Waals surface area contributed by atoms with Crippen LogP contribution in [0.25, 0.3) is 0 Å². The Bertz CT molecular complexity index is 1270. The van der Waals surface area contributed by atoms with Crippen LogP contribution in [0, 0.1) is 0 Å². The van der Waals surface area contributed by atoms with Gasteiger partial charge in [0, 0.05) is 6.42 Å². The Kier molecular flexibility index (Phi) is 6.84. The number of fused-ring (bicyclic) bond motifs is 1. The number of nitrogens with zero attached hydrogens (tertiary/aromatic N) is 2. The molecule has 0 aromatic heterocycles. The van der Waals surface area contributed by atoms with Gasteiger partial charge in [0.1, 0.15) is 19.0 Å². The summed E-state index contributed by atoms with van der Waals surface area (Å²) in [7, 11) is 1.61. The summed E-state index contributed by atoms with van der Waals surface area (Å²) in [6.45, 7) is 0.562. The number of amides is 1. The highest BCUT2D eigenvalue weighted by Crippen LogP contribution is 2.34. The molecule has 0 saturated carbocycles. The summed E-state index contributed by atoms with van der Waals surface area (Å²) in [6, 6.07) is 22.3. The maximum absolute atomic E-state index is 13.2. The molecule has 3 aromatic rings. The van der Waals surface area contributed by atoms with Crippen molar-refractivity contribution in [3.63, 3.8) is 0 Å². The molecule has 8 nitrogen and oxygen atoms in total. The number of benzene rings is 3. The van der Waals surface area contributed by atoms with Gasteiger partial charge in [0.25, 0.3) is 5.91 Å². The van der Waals surface area contributed by atoms with Gasteiger partial charge in [-0.2, -0.15) is 5.10 Å². The van der Waals surface area contributed by atoms with Crippen LogP contribution in [0.2, 0.25) is 0 Å². The highest BCUT2D eigenvalue weighted by molar-refractivity contribution is 6.03. The lowest BCUT2D eigenvalue weighted by atomic mass is 9.98. The Balaban J connectivity index is 1.27. The van der Waals surface area contributed by atoms with E-state index in [9.17, 15) is 9.59 Å². The fourth-order valence-electron chi connectivity index (χ4n) is 4.25. The number of hydrogen-bond donors (Lipinski definition) is 0. The van der Waals surface area contributed by atoms with E-state index in [2.05, 4.69) is 5.10 Å². The molecule has 0 fully saturated rings. The van der Waals surface area contributed by atoms with Gasteiger partial charge < -0.3 is 18.9 Å². The number of hydrogen-bond acceptors (Lipinski definition) is 7. The van der Waals surface area contributed by atoms with Crippen molar-refractivity contribution >= 4 is 17.6 Å². The lowest BCUT2D eigenvalue weighted by Crippen LogP contribution is -2.31. The van der Waals surface area contributed by atoms with Crippen molar-refractivity contribution in [2.75, 3.05) is 26.9 Å². The van der Waals surface area contributed by atoms with Gasteiger partial charge in [-0.05, 0) is 41.0 Å². The van der Waals surface area contributed by atoms with E-state index < -0.39 is 18.5 Å². The summed E-state index contributed by atoms with van der Waals surface area (Å²) >= 11 is 0.